The fraction of sp³-hybridized carbons (Fsp3) is 0.280. The first kappa shape index (κ1) is 27.6. The molecule has 0 aliphatic carbocycles. The van der Waals surface area contributed by atoms with E-state index >= 15 is 0 Å². The third kappa shape index (κ3) is 5.44. The molecule has 10 nitrogen and oxygen atoms in total. The molecule has 0 fully saturated rings. The van der Waals surface area contributed by atoms with Crippen molar-refractivity contribution in [3.63, 3.8) is 0 Å². The van der Waals surface area contributed by atoms with Crippen molar-refractivity contribution in [3.05, 3.63) is 70.4 Å². The Balaban J connectivity index is 1.87. The average molecular weight is 562 g/mol. The van der Waals surface area contributed by atoms with E-state index in [0.717, 1.165) is 35.4 Å². The van der Waals surface area contributed by atoms with E-state index in [-0.39, 0.29) is 58.5 Å². The van der Waals surface area contributed by atoms with E-state index in [0.29, 0.717) is 0 Å². The zero-order valence-electron chi connectivity index (χ0n) is 20.7. The zero-order chi connectivity index (χ0) is 28.7. The summed E-state index contributed by atoms with van der Waals surface area (Å²) in [4.78, 5) is 40.3. The van der Waals surface area contributed by atoms with Crippen molar-refractivity contribution in [1.29, 1.82) is 5.26 Å². The van der Waals surface area contributed by atoms with E-state index < -0.39 is 39.6 Å². The number of benzene rings is 2. The van der Waals surface area contributed by atoms with Gasteiger partial charge >= 0.3 is 12.2 Å². The summed E-state index contributed by atoms with van der Waals surface area (Å²) in [6.45, 7) is 1.21. The molecule has 1 atom stereocenters. The Hall–Kier alpha value is -4.38. The Morgan fingerprint density at radius 1 is 1.21 bits per heavy atom. The van der Waals surface area contributed by atoms with Gasteiger partial charge in [0.2, 0.25) is 5.91 Å². The van der Waals surface area contributed by atoms with Gasteiger partial charge in [-0.25, -0.2) is 13.2 Å². The average Bonchev–Trinajstić information content (AvgIpc) is 3.17. The second-order valence-electron chi connectivity index (χ2n) is 8.97. The third-order valence-corrected chi connectivity index (χ3v) is 7.39. The van der Waals surface area contributed by atoms with Crippen molar-refractivity contribution in [1.82, 2.24) is 15.5 Å². The van der Waals surface area contributed by atoms with E-state index in [1.165, 1.54) is 30.0 Å². The molecule has 2 aliphatic heterocycles. The molecule has 2 heterocycles. The summed E-state index contributed by atoms with van der Waals surface area (Å²) in [5.74, 6) is -0.934. The first-order valence-corrected chi connectivity index (χ1v) is 13.4. The Morgan fingerprint density at radius 2 is 1.92 bits per heavy atom. The third-order valence-electron chi connectivity index (χ3n) is 6.24. The van der Waals surface area contributed by atoms with Crippen LogP contribution in [-0.2, 0) is 25.6 Å². The summed E-state index contributed by atoms with van der Waals surface area (Å²) in [6, 6.07) is 7.52. The fourth-order valence-electron chi connectivity index (χ4n) is 4.53. The molecular formula is C25H22F3N5O5S. The lowest BCUT2D eigenvalue weighted by molar-refractivity contribution is -0.137. The van der Waals surface area contributed by atoms with Gasteiger partial charge in [0, 0.05) is 26.3 Å². The second kappa shape index (κ2) is 10.1. The molecule has 2 N–H and O–H groups in total. The summed E-state index contributed by atoms with van der Waals surface area (Å²) in [6.07, 6.45) is -3.77. The number of halogens is 3. The molecule has 2 aliphatic rings. The highest BCUT2D eigenvalue weighted by molar-refractivity contribution is 7.90. The molecule has 0 saturated heterocycles. The van der Waals surface area contributed by atoms with Gasteiger partial charge in [-0.2, -0.15) is 18.4 Å². The summed E-state index contributed by atoms with van der Waals surface area (Å²) in [5, 5.41) is 14.4. The minimum Gasteiger partial charge on any atom is -0.355 e. The minimum absolute atomic E-state index is 0.0229. The Morgan fingerprint density at radius 3 is 2.54 bits per heavy atom. The highest BCUT2D eigenvalue weighted by atomic mass is 32.2. The molecule has 14 heteroatoms. The molecule has 0 saturated carbocycles. The van der Waals surface area contributed by atoms with Crippen LogP contribution in [0.5, 0.6) is 0 Å². The Labute approximate surface area is 221 Å². The maximum atomic E-state index is 13.6. The monoisotopic (exact) mass is 561 g/mol. The van der Waals surface area contributed by atoms with Crippen LogP contribution in [0.15, 0.2) is 58.6 Å². The summed E-state index contributed by atoms with van der Waals surface area (Å²) in [7, 11) is -3.94. The van der Waals surface area contributed by atoms with Gasteiger partial charge in [0.1, 0.15) is 0 Å². The highest BCUT2D eigenvalue weighted by Crippen LogP contribution is 2.41. The molecule has 0 aromatic heterocycles. The molecule has 4 amide bonds. The van der Waals surface area contributed by atoms with Crippen LogP contribution in [0.4, 0.5) is 23.7 Å². The summed E-state index contributed by atoms with van der Waals surface area (Å²) >= 11 is 0. The van der Waals surface area contributed by atoms with Crippen LogP contribution in [0.3, 0.4) is 0 Å². The predicted molar refractivity (Wildman–Crippen MR) is 132 cm³/mol. The van der Waals surface area contributed by atoms with Gasteiger partial charge in [-0.3, -0.25) is 14.5 Å². The molecule has 0 radical (unpaired) electrons. The number of anilines is 1. The van der Waals surface area contributed by atoms with Gasteiger partial charge in [0.25, 0.3) is 5.91 Å². The van der Waals surface area contributed by atoms with Gasteiger partial charge < -0.3 is 15.5 Å². The van der Waals surface area contributed by atoms with Gasteiger partial charge in [-0.15, -0.1) is 0 Å². The minimum atomic E-state index is -4.69. The number of nitrogens with zero attached hydrogens (tertiary/aromatic N) is 3. The maximum Gasteiger partial charge on any atom is 0.416 e. The molecule has 2 aromatic carbocycles. The number of sulfone groups is 1. The van der Waals surface area contributed by atoms with Crippen LogP contribution in [0.1, 0.15) is 29.7 Å². The van der Waals surface area contributed by atoms with Gasteiger partial charge in [0.15, 0.2) is 9.84 Å². The van der Waals surface area contributed by atoms with Crippen LogP contribution in [0, 0.1) is 11.3 Å². The van der Waals surface area contributed by atoms with E-state index in [2.05, 4.69) is 10.6 Å². The van der Waals surface area contributed by atoms with Crippen LogP contribution in [0.25, 0.3) is 0 Å². The number of urea groups is 1. The number of alkyl halides is 3. The van der Waals surface area contributed by atoms with Gasteiger partial charge in [0.05, 0.1) is 51.6 Å². The number of hydrogen-bond donors (Lipinski definition) is 2. The molecular weight excluding hydrogens is 539 g/mol. The molecule has 0 spiro atoms. The lowest BCUT2D eigenvalue weighted by Crippen LogP contribution is -2.47. The first-order chi connectivity index (χ1) is 18.2. The number of nitriles is 1. The van der Waals surface area contributed by atoms with E-state index in [9.17, 15) is 41.2 Å². The van der Waals surface area contributed by atoms with Crippen LogP contribution >= 0.6 is 0 Å². The van der Waals surface area contributed by atoms with Crippen LogP contribution in [0.2, 0.25) is 0 Å². The van der Waals surface area contributed by atoms with Crippen molar-refractivity contribution in [2.75, 3.05) is 30.8 Å². The number of hydrogen-bond acceptors (Lipinski definition) is 6. The number of carbonyl (C=O) groups excluding carboxylic acids is 3. The molecule has 2 aromatic rings. The maximum absolute atomic E-state index is 13.6. The van der Waals surface area contributed by atoms with Crippen LogP contribution < -0.4 is 15.5 Å². The molecule has 39 heavy (non-hydrogen) atoms. The zero-order valence-corrected chi connectivity index (χ0v) is 21.5. The smallest absolute Gasteiger partial charge is 0.355 e. The summed E-state index contributed by atoms with van der Waals surface area (Å²) < 4.78 is 65.5. The molecule has 4 rings (SSSR count). The standard InChI is InChI=1S/C25H22F3N5O5S/c1-14(34)30-8-9-32-13-19-21(23(32)35)22(18-7-6-15(12-29)10-20(18)39(2,37)38)31-24(36)33(19)17-5-3-4-16(11-17)25(26,27)28/h3-7,10-11,22H,8-9,13H2,1-2H3,(H,30,34)(H,31,36). The quantitative estimate of drug-likeness (QED) is 0.556. The van der Waals surface area contributed by atoms with E-state index in [1.54, 1.807) is 0 Å². The van der Waals surface area contributed by atoms with E-state index in [4.69, 9.17) is 0 Å². The largest absolute Gasteiger partial charge is 0.416 e. The lowest BCUT2D eigenvalue weighted by Gasteiger charge is -2.34. The Bertz CT molecular complexity index is 1560. The van der Waals surface area contributed by atoms with Gasteiger partial charge in [-0.1, -0.05) is 12.1 Å². The van der Waals surface area contributed by atoms with Crippen molar-refractivity contribution in [2.45, 2.75) is 24.0 Å². The topological polar surface area (TPSA) is 140 Å². The van der Waals surface area contributed by atoms with Crippen molar-refractivity contribution in [3.8, 4) is 6.07 Å². The SMILES string of the molecule is CC(=O)NCCN1CC2=C(C1=O)C(c1ccc(C#N)cc1S(C)(=O)=O)NC(=O)N2c1cccc(C(F)(F)F)c1. The second-order valence-corrected chi connectivity index (χ2v) is 11.0. The van der Waals surface area contributed by atoms with Crippen LogP contribution in [-0.4, -0.2) is 57.1 Å². The lowest BCUT2D eigenvalue weighted by atomic mass is 9.94. The van der Waals surface area contributed by atoms with Crippen molar-refractivity contribution in [2.24, 2.45) is 0 Å². The van der Waals surface area contributed by atoms with Crippen molar-refractivity contribution >= 4 is 33.4 Å². The normalized spacial score (nSPS) is 17.6. The number of amides is 4. The number of nitrogens with one attached hydrogen (secondary N) is 2. The predicted octanol–water partition coefficient (Wildman–Crippen LogP) is 2.48. The molecule has 204 valence electrons. The molecule has 1 unspecified atom stereocenters. The fourth-order valence-corrected chi connectivity index (χ4v) is 5.49. The molecule has 0 bridgehead atoms. The Kier molecular flexibility index (Phi) is 7.14. The van der Waals surface area contributed by atoms with E-state index in [1.807, 2.05) is 6.07 Å². The van der Waals surface area contributed by atoms with Crippen molar-refractivity contribution < 1.29 is 36.0 Å². The van der Waals surface area contributed by atoms with Gasteiger partial charge in [-0.05, 0) is 35.9 Å². The number of rotatable bonds is 6. The first-order valence-electron chi connectivity index (χ1n) is 11.5. The number of carbonyl (C=O) groups is 3. The highest BCUT2D eigenvalue weighted by Gasteiger charge is 2.46. The summed E-state index contributed by atoms with van der Waals surface area (Å²) in [5.41, 5.74) is -1.05.